The molecule has 0 aromatic heterocycles. The molecule has 3 saturated heterocycles. The molecular weight excluding hydrogens is 1250 g/mol. The number of fused-ring (bicyclic) bond motifs is 5. The first-order valence-corrected chi connectivity index (χ1v) is 47.7. The maximum Gasteiger partial charge on any atom is 0.338 e. The number of rotatable bonds is 30. The van der Waals surface area contributed by atoms with Crippen molar-refractivity contribution in [1.29, 1.82) is 0 Å². The highest BCUT2D eigenvalue weighted by molar-refractivity contribution is 6.75. The first kappa shape index (κ1) is 77.1. The monoisotopic (exact) mass is 1370 g/mol. The van der Waals surface area contributed by atoms with E-state index in [0.717, 1.165) is 106 Å². The Balaban J connectivity index is 1.22. The number of hydrogen-bond acceptors (Lipinski definition) is 16. The minimum absolute atomic E-state index is 0.0300. The van der Waals surface area contributed by atoms with Gasteiger partial charge in [0.05, 0.1) is 57.4 Å². The quantitative estimate of drug-likeness (QED) is 0.0568. The van der Waals surface area contributed by atoms with Gasteiger partial charge in [-0.05, 0) is 190 Å². The van der Waals surface area contributed by atoms with Gasteiger partial charge in [-0.2, -0.15) is 0 Å². The molecule has 18 atom stereocenters. The molecule has 16 nitrogen and oxygen atoms in total. The van der Waals surface area contributed by atoms with Crippen molar-refractivity contribution in [2.75, 3.05) is 33.5 Å². The van der Waals surface area contributed by atoms with Crippen molar-refractivity contribution >= 4 is 45.2 Å². The Hall–Kier alpha value is -1.61. The fraction of sp³-hybridized carbons (Fsp3) is 0.890. The Morgan fingerprint density at radius 3 is 1.69 bits per heavy atom. The summed E-state index contributed by atoms with van der Waals surface area (Å²) in [4.78, 5) is 29.0. The molecular formula is C73H130O16Si4. The van der Waals surface area contributed by atoms with Gasteiger partial charge in [-0.25, -0.2) is 4.79 Å². The van der Waals surface area contributed by atoms with Crippen molar-refractivity contribution in [3.05, 3.63) is 29.8 Å². The Morgan fingerprint density at radius 1 is 0.645 bits per heavy atom. The van der Waals surface area contributed by atoms with E-state index in [1.165, 1.54) is 6.92 Å². The first-order valence-electron chi connectivity index (χ1n) is 37.2. The summed E-state index contributed by atoms with van der Waals surface area (Å²) in [6.07, 6.45) is 0.746. The molecule has 0 spiro atoms. The summed E-state index contributed by atoms with van der Waals surface area (Å²) in [5.74, 6) is -0.309. The number of benzene rings is 1. The van der Waals surface area contributed by atoms with Gasteiger partial charge in [-0.15, -0.1) is 0 Å². The number of methoxy groups -OCH3 is 1. The zero-order chi connectivity index (χ0) is 68.3. The molecule has 534 valence electrons. The van der Waals surface area contributed by atoms with E-state index in [-0.39, 0.29) is 35.7 Å². The highest BCUT2D eigenvalue weighted by atomic mass is 28.4. The predicted molar refractivity (Wildman–Crippen MR) is 375 cm³/mol. The van der Waals surface area contributed by atoms with Gasteiger partial charge in [0.2, 0.25) is 0 Å². The van der Waals surface area contributed by atoms with Crippen LogP contribution in [0.2, 0.25) is 72.5 Å². The lowest BCUT2D eigenvalue weighted by Gasteiger charge is -2.63. The van der Waals surface area contributed by atoms with Crippen LogP contribution in [0.5, 0.6) is 5.75 Å². The van der Waals surface area contributed by atoms with Crippen LogP contribution in [-0.4, -0.2) is 157 Å². The second-order valence-corrected chi connectivity index (χ2v) is 51.0. The molecule has 0 unspecified atom stereocenters. The molecule has 3 aliphatic heterocycles. The predicted octanol–water partition coefficient (Wildman–Crippen LogP) is 16.4. The van der Waals surface area contributed by atoms with Gasteiger partial charge in [0.25, 0.3) is 0 Å². The van der Waals surface area contributed by atoms with Crippen LogP contribution in [0.25, 0.3) is 0 Å². The summed E-state index contributed by atoms with van der Waals surface area (Å²) in [5.41, 5.74) is -1.68. The zero-order valence-electron chi connectivity index (χ0n) is 61.9. The van der Waals surface area contributed by atoms with Gasteiger partial charge in [0.15, 0.2) is 63.8 Å². The third kappa shape index (κ3) is 15.5. The number of hydrogen-bond donors (Lipinski definition) is 1. The van der Waals surface area contributed by atoms with E-state index in [0.29, 0.717) is 61.0 Å². The highest BCUT2D eigenvalue weighted by Crippen LogP contribution is 2.71. The Labute approximate surface area is 566 Å². The molecule has 7 aliphatic rings. The van der Waals surface area contributed by atoms with E-state index < -0.39 is 123 Å². The SMILES string of the molecule is CC[Si](CC)(CC)O[C@@H]1[C@@H](OC(=O)c2ccc(OC)cc2)[C@H](O[C@@H]2[C@@H](OC(C)=O)[C@H](O[C@H]3C[C@H]4[C@@H]5CC[C@H]6C[C@@H](O[Si](C)(C)C(C)(C)C)CC[C@]6(C)[C@H]5CC[C@]4(C)[C@@]3(O)[C@H](C)C3(CCC(C)C)OCCO3)OC[C@@H]2O[Si](CC)(CC)CC)OC[C@H]1O[Si](CC)(CC)CC. The van der Waals surface area contributed by atoms with Gasteiger partial charge in [-0.3, -0.25) is 4.79 Å². The van der Waals surface area contributed by atoms with Gasteiger partial charge in [0, 0.05) is 30.8 Å². The van der Waals surface area contributed by atoms with Crippen molar-refractivity contribution in [3.8, 4) is 5.75 Å². The summed E-state index contributed by atoms with van der Waals surface area (Å²) < 4.78 is 91.9. The average Bonchev–Trinajstić information content (AvgIpc) is 1.57. The lowest BCUT2D eigenvalue weighted by atomic mass is 9.44. The maximum atomic E-state index is 14.9. The van der Waals surface area contributed by atoms with Crippen molar-refractivity contribution in [2.45, 2.75) is 334 Å². The number of ether oxygens (including phenoxy) is 9. The third-order valence-corrected chi connectivity index (χ3v) is 45.0. The van der Waals surface area contributed by atoms with E-state index in [2.05, 4.69) is 131 Å². The maximum absolute atomic E-state index is 14.9. The summed E-state index contributed by atoms with van der Waals surface area (Å²) in [5, 5.41) is 14.9. The second-order valence-electron chi connectivity index (χ2n) is 32.0. The van der Waals surface area contributed by atoms with Crippen LogP contribution in [-0.2, 0) is 60.4 Å². The van der Waals surface area contributed by atoms with Crippen LogP contribution >= 0.6 is 0 Å². The van der Waals surface area contributed by atoms with Crippen LogP contribution in [0.15, 0.2) is 24.3 Å². The Kier molecular flexibility index (Phi) is 25.8. The standard InChI is InChI=1S/C73H130O16Si4/c1-22-91(23-2,24-3)87-59-47-78-67(64(82-51(13)74)62(59)85-68-65(84-66(75)52-31-34-54(77-19)35-32-52)63(89-93(28-7,29-8)30-9)60(48-79-68)88-92(25-4,26-5)27-6)83-61-46-58-56-36-33-53-45-55(86-90(20,21)69(14,15)16)38-40-70(53,17)57(56)39-41-71(58,18)73(61,76)50(12)72(42-37-49(10)11)80-43-44-81-72/h31-32,34-35,49-50,53,55-65,67-68,76H,22-30,33,36-48H2,1-21H3/t50-,53+,55+,56-,57+,58+,59+,60-,61+,62+,63+,64-,65-,67+,68+,70+,71+,73-/m1/s1. The summed E-state index contributed by atoms with van der Waals surface area (Å²) in [7, 11) is -7.74. The minimum Gasteiger partial charge on any atom is -0.497 e. The van der Waals surface area contributed by atoms with E-state index in [4.69, 9.17) is 60.3 Å². The normalized spacial score (nSPS) is 35.4. The average molecular weight is 1380 g/mol. The largest absolute Gasteiger partial charge is 0.497 e. The fourth-order valence-corrected chi connectivity index (χ4v) is 28.6. The molecule has 0 bridgehead atoms. The van der Waals surface area contributed by atoms with Crippen LogP contribution < -0.4 is 4.74 Å². The fourth-order valence-electron chi connectivity index (χ4n) is 18.6. The van der Waals surface area contributed by atoms with Crippen molar-refractivity contribution < 1.29 is 75.0 Å². The summed E-state index contributed by atoms with van der Waals surface area (Å²) in [6, 6.07) is 14.6. The molecule has 4 aliphatic carbocycles. The van der Waals surface area contributed by atoms with E-state index in [1.54, 1.807) is 31.4 Å². The van der Waals surface area contributed by atoms with Crippen molar-refractivity contribution in [2.24, 2.45) is 46.3 Å². The zero-order valence-corrected chi connectivity index (χ0v) is 65.9. The molecule has 20 heteroatoms. The van der Waals surface area contributed by atoms with Crippen LogP contribution in [0.4, 0.5) is 0 Å². The lowest BCUT2D eigenvalue weighted by Crippen LogP contribution is -2.67. The van der Waals surface area contributed by atoms with Gasteiger partial charge in [0.1, 0.15) is 23.6 Å². The number of esters is 2. The summed E-state index contributed by atoms with van der Waals surface area (Å²) in [6.45, 7) is 45.6. The minimum atomic E-state index is -2.51. The van der Waals surface area contributed by atoms with E-state index >= 15 is 0 Å². The topological polar surface area (TPSA) is 174 Å². The van der Waals surface area contributed by atoms with Gasteiger partial charge in [-0.1, -0.05) is 118 Å². The molecule has 93 heavy (non-hydrogen) atoms. The number of aliphatic hydroxyl groups is 1. The third-order valence-electron chi connectivity index (χ3n) is 26.5. The second kappa shape index (κ2) is 31.1. The van der Waals surface area contributed by atoms with Crippen molar-refractivity contribution in [3.63, 3.8) is 0 Å². The van der Waals surface area contributed by atoms with Gasteiger partial charge >= 0.3 is 11.9 Å². The molecule has 4 saturated carbocycles. The highest BCUT2D eigenvalue weighted by Gasteiger charge is 2.73. The molecule has 1 aromatic rings. The van der Waals surface area contributed by atoms with Crippen LogP contribution in [0, 0.1) is 46.3 Å². The van der Waals surface area contributed by atoms with E-state index in [1.807, 2.05) is 0 Å². The molecule has 0 radical (unpaired) electrons. The molecule has 0 amide bonds. The number of carbonyl (C=O) groups excluding carboxylic acids is 2. The molecule has 3 heterocycles. The van der Waals surface area contributed by atoms with Crippen LogP contribution in [0.3, 0.4) is 0 Å². The lowest BCUT2D eigenvalue weighted by molar-refractivity contribution is -0.348. The molecule has 8 rings (SSSR count). The van der Waals surface area contributed by atoms with Gasteiger partial charge < -0.3 is 65.4 Å². The smallest absolute Gasteiger partial charge is 0.338 e. The van der Waals surface area contributed by atoms with E-state index in [9.17, 15) is 14.7 Å². The van der Waals surface area contributed by atoms with Crippen molar-refractivity contribution in [1.82, 2.24) is 0 Å². The molecule has 1 aromatic carbocycles. The Morgan fingerprint density at radius 2 is 1.17 bits per heavy atom. The molecule has 7 fully saturated rings. The van der Waals surface area contributed by atoms with Crippen LogP contribution in [0.1, 0.15) is 199 Å². The molecule has 1 N–H and O–H groups in total. The summed E-state index contributed by atoms with van der Waals surface area (Å²) >= 11 is 0. The Bertz CT molecular complexity index is 2530. The number of carbonyl (C=O) groups is 2. The first-order chi connectivity index (χ1) is 43.9.